The molecule has 31 heavy (non-hydrogen) atoms. The molecular formula is C24H27N5O2. The molecule has 0 radical (unpaired) electrons. The number of morpholine rings is 1. The maximum absolute atomic E-state index is 13.2. The molecule has 0 spiro atoms. The van der Waals surface area contributed by atoms with Crippen molar-refractivity contribution in [2.24, 2.45) is 5.41 Å². The lowest BCUT2D eigenvalue weighted by atomic mass is 9.96. The van der Waals surface area contributed by atoms with Crippen molar-refractivity contribution in [3.63, 3.8) is 0 Å². The summed E-state index contributed by atoms with van der Waals surface area (Å²) in [6, 6.07) is 11.9. The Morgan fingerprint density at radius 1 is 1.23 bits per heavy atom. The third kappa shape index (κ3) is 4.59. The van der Waals surface area contributed by atoms with Crippen LogP contribution in [0.5, 0.6) is 0 Å². The van der Waals surface area contributed by atoms with E-state index in [1.54, 1.807) is 6.20 Å². The number of hydrogen-bond donors (Lipinski definition) is 0. The number of nitrogens with zero attached hydrogens (tertiary/aromatic N) is 5. The Kier molecular flexibility index (Phi) is 5.75. The van der Waals surface area contributed by atoms with E-state index in [0.717, 1.165) is 34.4 Å². The van der Waals surface area contributed by atoms with E-state index in [1.165, 1.54) is 0 Å². The molecule has 160 valence electrons. The molecule has 3 aromatic rings. The van der Waals surface area contributed by atoms with Gasteiger partial charge < -0.3 is 14.2 Å². The topological polar surface area (TPSA) is 84.0 Å². The first-order valence-corrected chi connectivity index (χ1v) is 10.6. The van der Waals surface area contributed by atoms with Gasteiger partial charge in [-0.25, -0.2) is 9.97 Å². The van der Waals surface area contributed by atoms with E-state index in [9.17, 15) is 10.1 Å². The lowest BCUT2D eigenvalue weighted by molar-refractivity contribution is 0.0302. The van der Waals surface area contributed by atoms with Gasteiger partial charge in [0.25, 0.3) is 5.91 Å². The number of carbonyl (C=O) groups is 1. The first-order valence-electron chi connectivity index (χ1n) is 10.6. The molecule has 0 saturated carbocycles. The molecule has 2 aromatic heterocycles. The summed E-state index contributed by atoms with van der Waals surface area (Å²) in [7, 11) is 0. The van der Waals surface area contributed by atoms with Gasteiger partial charge in [-0.3, -0.25) is 4.79 Å². The van der Waals surface area contributed by atoms with Crippen LogP contribution in [0.2, 0.25) is 0 Å². The van der Waals surface area contributed by atoms with Crippen molar-refractivity contribution in [2.45, 2.75) is 33.7 Å². The van der Waals surface area contributed by atoms with Crippen LogP contribution in [0.1, 0.15) is 48.2 Å². The SMILES string of the molecule is CC(C)(C)Cn1c(Cc2ccccc2C(=O)N2CCOCC2)cc2cnc(C#N)nc21. The van der Waals surface area contributed by atoms with Crippen LogP contribution in [0.15, 0.2) is 36.5 Å². The van der Waals surface area contributed by atoms with E-state index < -0.39 is 0 Å². The summed E-state index contributed by atoms with van der Waals surface area (Å²) in [5.41, 5.74) is 3.53. The summed E-state index contributed by atoms with van der Waals surface area (Å²) in [5, 5.41) is 10.1. The second kappa shape index (κ2) is 8.48. The minimum Gasteiger partial charge on any atom is -0.378 e. The average molecular weight is 418 g/mol. The Labute approximate surface area is 182 Å². The molecular weight excluding hydrogens is 390 g/mol. The number of ether oxygens (including phenoxy) is 1. The molecule has 1 saturated heterocycles. The molecule has 0 N–H and O–H groups in total. The molecule has 1 amide bonds. The third-order valence-corrected chi connectivity index (χ3v) is 5.37. The van der Waals surface area contributed by atoms with Crippen molar-refractivity contribution in [3.8, 4) is 6.07 Å². The average Bonchev–Trinajstić information content (AvgIpc) is 3.09. The highest BCUT2D eigenvalue weighted by molar-refractivity contribution is 5.96. The predicted molar refractivity (Wildman–Crippen MR) is 118 cm³/mol. The number of benzene rings is 1. The quantitative estimate of drug-likeness (QED) is 0.650. The summed E-state index contributed by atoms with van der Waals surface area (Å²) in [6.45, 7) is 9.64. The van der Waals surface area contributed by atoms with Crippen LogP contribution < -0.4 is 0 Å². The maximum atomic E-state index is 13.2. The molecule has 1 aliphatic heterocycles. The smallest absolute Gasteiger partial charge is 0.254 e. The summed E-state index contributed by atoms with van der Waals surface area (Å²) in [5.74, 6) is 0.208. The van der Waals surface area contributed by atoms with E-state index >= 15 is 0 Å². The van der Waals surface area contributed by atoms with Gasteiger partial charge in [0.05, 0.1) is 13.2 Å². The molecule has 7 nitrogen and oxygen atoms in total. The van der Waals surface area contributed by atoms with E-state index in [-0.39, 0.29) is 17.1 Å². The van der Waals surface area contributed by atoms with Crippen LogP contribution in [0.25, 0.3) is 11.0 Å². The van der Waals surface area contributed by atoms with Crippen LogP contribution in [0, 0.1) is 16.7 Å². The Balaban J connectivity index is 1.74. The van der Waals surface area contributed by atoms with Crippen LogP contribution in [0.4, 0.5) is 0 Å². The van der Waals surface area contributed by atoms with Gasteiger partial charge in [-0.15, -0.1) is 0 Å². The van der Waals surface area contributed by atoms with Crippen molar-refractivity contribution < 1.29 is 9.53 Å². The number of amides is 1. The highest BCUT2D eigenvalue weighted by Gasteiger charge is 2.23. The molecule has 3 heterocycles. The second-order valence-corrected chi connectivity index (χ2v) is 9.11. The lowest BCUT2D eigenvalue weighted by Crippen LogP contribution is -2.41. The Morgan fingerprint density at radius 2 is 1.97 bits per heavy atom. The van der Waals surface area contributed by atoms with Gasteiger partial charge >= 0.3 is 0 Å². The van der Waals surface area contributed by atoms with Gasteiger partial charge in [-0.2, -0.15) is 5.26 Å². The number of fused-ring (bicyclic) bond motifs is 1. The minimum atomic E-state index is 0.0155. The fourth-order valence-electron chi connectivity index (χ4n) is 3.96. The standard InChI is InChI=1S/C24H27N5O2/c1-24(2,3)16-29-19(13-18-15-26-21(14-25)27-22(18)29)12-17-6-4-5-7-20(17)23(30)28-8-10-31-11-9-28/h4-7,13,15H,8-12,16H2,1-3H3. The number of hydrogen-bond acceptors (Lipinski definition) is 5. The Hall–Kier alpha value is -3.24. The Bertz CT molecular complexity index is 1150. The lowest BCUT2D eigenvalue weighted by Gasteiger charge is -2.27. The Morgan fingerprint density at radius 3 is 2.68 bits per heavy atom. The maximum Gasteiger partial charge on any atom is 0.254 e. The molecule has 4 rings (SSSR count). The summed E-state index contributed by atoms with van der Waals surface area (Å²) in [6.07, 6.45) is 2.30. The number of carbonyl (C=O) groups excluding carboxylic acids is 1. The third-order valence-electron chi connectivity index (χ3n) is 5.37. The minimum absolute atomic E-state index is 0.0155. The van der Waals surface area contributed by atoms with Crippen molar-refractivity contribution in [1.82, 2.24) is 19.4 Å². The van der Waals surface area contributed by atoms with Crippen molar-refractivity contribution >= 4 is 16.9 Å². The summed E-state index contributed by atoms with van der Waals surface area (Å²) < 4.78 is 7.55. The normalized spacial score (nSPS) is 14.6. The fourth-order valence-corrected chi connectivity index (χ4v) is 3.96. The first kappa shape index (κ1) is 21.0. The number of rotatable bonds is 4. The van der Waals surface area contributed by atoms with Gasteiger partial charge in [0.2, 0.25) is 5.82 Å². The van der Waals surface area contributed by atoms with Crippen molar-refractivity contribution in [3.05, 3.63) is 59.2 Å². The summed E-state index contributed by atoms with van der Waals surface area (Å²) >= 11 is 0. The van der Waals surface area contributed by atoms with Crippen LogP contribution >= 0.6 is 0 Å². The van der Waals surface area contributed by atoms with E-state index in [2.05, 4.69) is 41.4 Å². The zero-order chi connectivity index (χ0) is 22.0. The largest absolute Gasteiger partial charge is 0.378 e. The van der Waals surface area contributed by atoms with E-state index in [0.29, 0.717) is 32.7 Å². The number of aromatic nitrogens is 3. The molecule has 1 aromatic carbocycles. The molecule has 0 atom stereocenters. The monoisotopic (exact) mass is 417 g/mol. The van der Waals surface area contributed by atoms with Crippen LogP contribution in [0.3, 0.4) is 0 Å². The zero-order valence-corrected chi connectivity index (χ0v) is 18.3. The molecule has 0 aliphatic carbocycles. The van der Waals surface area contributed by atoms with Crippen molar-refractivity contribution in [1.29, 1.82) is 5.26 Å². The van der Waals surface area contributed by atoms with Crippen LogP contribution in [-0.2, 0) is 17.7 Å². The summed E-state index contributed by atoms with van der Waals surface area (Å²) in [4.78, 5) is 23.6. The first-order chi connectivity index (χ1) is 14.9. The second-order valence-electron chi connectivity index (χ2n) is 9.11. The highest BCUT2D eigenvalue weighted by Crippen LogP contribution is 2.27. The van der Waals surface area contributed by atoms with Gasteiger partial charge in [0.15, 0.2) is 0 Å². The van der Waals surface area contributed by atoms with Gasteiger partial charge in [0, 0.05) is 48.9 Å². The van der Waals surface area contributed by atoms with E-state index in [4.69, 9.17) is 4.74 Å². The number of nitriles is 1. The van der Waals surface area contributed by atoms with Gasteiger partial charge in [-0.1, -0.05) is 39.0 Å². The molecule has 7 heteroatoms. The van der Waals surface area contributed by atoms with Gasteiger partial charge in [0.1, 0.15) is 11.7 Å². The molecule has 0 bridgehead atoms. The predicted octanol–water partition coefficient (Wildman–Crippen LogP) is 3.41. The zero-order valence-electron chi connectivity index (χ0n) is 18.3. The van der Waals surface area contributed by atoms with E-state index in [1.807, 2.05) is 35.2 Å². The fraction of sp³-hybridized carbons (Fsp3) is 0.417. The van der Waals surface area contributed by atoms with Crippen LogP contribution in [-0.4, -0.2) is 51.6 Å². The van der Waals surface area contributed by atoms with Gasteiger partial charge in [-0.05, 0) is 23.1 Å². The molecule has 1 aliphatic rings. The van der Waals surface area contributed by atoms with Crippen molar-refractivity contribution in [2.75, 3.05) is 26.3 Å². The molecule has 1 fully saturated rings. The highest BCUT2D eigenvalue weighted by atomic mass is 16.5. The molecule has 0 unspecified atom stereocenters.